The van der Waals surface area contributed by atoms with E-state index in [1.54, 1.807) is 32.1 Å². The Bertz CT molecular complexity index is 636. The summed E-state index contributed by atoms with van der Waals surface area (Å²) in [5, 5.41) is 9.55. The van der Waals surface area contributed by atoms with E-state index in [1.807, 2.05) is 6.92 Å². The first-order valence-electron chi connectivity index (χ1n) is 7.35. The fourth-order valence-corrected chi connectivity index (χ4v) is 2.46. The zero-order valence-corrected chi connectivity index (χ0v) is 13.5. The molecular weight excluding hydrogens is 280 g/mol. The normalized spacial score (nSPS) is 16.5. The summed E-state index contributed by atoms with van der Waals surface area (Å²) >= 11 is 0. The Hall–Kier alpha value is -2.10. The van der Waals surface area contributed by atoms with E-state index in [2.05, 4.69) is 0 Å². The summed E-state index contributed by atoms with van der Waals surface area (Å²) < 4.78 is 5.03. The summed E-state index contributed by atoms with van der Waals surface area (Å²) in [5.41, 5.74) is -0.610. The van der Waals surface area contributed by atoms with Gasteiger partial charge in [0.1, 0.15) is 0 Å². The van der Waals surface area contributed by atoms with Crippen LogP contribution in [0.2, 0.25) is 0 Å². The molecular formula is C18H22O4. The number of benzene rings is 1. The monoisotopic (exact) mass is 302 g/mol. The van der Waals surface area contributed by atoms with E-state index in [-0.39, 0.29) is 22.7 Å². The minimum atomic E-state index is -1.01. The molecule has 0 aromatic heterocycles. The molecule has 0 amide bonds. The summed E-state index contributed by atoms with van der Waals surface area (Å²) in [6.07, 6.45) is 4.78. The number of Topliss-reactive ketones (excluding diaryl/α,β-unsaturated/α-hetero) is 1. The van der Waals surface area contributed by atoms with Gasteiger partial charge in [0.05, 0.1) is 12.5 Å². The van der Waals surface area contributed by atoms with E-state index in [9.17, 15) is 14.7 Å². The van der Waals surface area contributed by atoms with Crippen molar-refractivity contribution in [2.75, 3.05) is 7.11 Å². The topological polar surface area (TPSA) is 63.6 Å². The predicted octanol–water partition coefficient (Wildman–Crippen LogP) is 3.38. The lowest BCUT2D eigenvalue weighted by molar-refractivity contribution is -0.139. The van der Waals surface area contributed by atoms with Crippen LogP contribution in [0.1, 0.15) is 39.2 Å². The van der Waals surface area contributed by atoms with Crippen LogP contribution >= 0.6 is 0 Å². The summed E-state index contributed by atoms with van der Waals surface area (Å²) in [7, 11) is 1.46. The van der Waals surface area contributed by atoms with Gasteiger partial charge in [-0.3, -0.25) is 9.59 Å². The molecule has 22 heavy (non-hydrogen) atoms. The van der Waals surface area contributed by atoms with Crippen LogP contribution in [0.3, 0.4) is 0 Å². The van der Waals surface area contributed by atoms with E-state index >= 15 is 0 Å². The van der Waals surface area contributed by atoms with Gasteiger partial charge in [-0.1, -0.05) is 19.1 Å². The van der Waals surface area contributed by atoms with Crippen molar-refractivity contribution in [2.45, 2.75) is 33.6 Å². The molecule has 0 heterocycles. The van der Waals surface area contributed by atoms with Crippen LogP contribution in [0.5, 0.6) is 11.5 Å². The Kier molecular flexibility index (Phi) is 4.14. The Morgan fingerprint density at radius 3 is 2.50 bits per heavy atom. The van der Waals surface area contributed by atoms with Gasteiger partial charge in [-0.25, -0.2) is 0 Å². The first-order chi connectivity index (χ1) is 10.2. The van der Waals surface area contributed by atoms with Crippen molar-refractivity contribution in [3.8, 4) is 11.5 Å². The first kappa shape index (κ1) is 16.3. The molecule has 0 atom stereocenters. The number of carbonyl (C=O) groups excluding carboxylic acids is 2. The second-order valence-electron chi connectivity index (χ2n) is 6.64. The van der Waals surface area contributed by atoms with Crippen LogP contribution < -0.4 is 4.74 Å². The molecule has 0 radical (unpaired) electrons. The predicted molar refractivity (Wildman–Crippen MR) is 84.8 cm³/mol. The van der Waals surface area contributed by atoms with Gasteiger partial charge in [-0.05, 0) is 50.5 Å². The highest BCUT2D eigenvalue weighted by Crippen LogP contribution is 2.50. The number of carbonyl (C=O) groups is 2. The van der Waals surface area contributed by atoms with Crippen molar-refractivity contribution < 1.29 is 19.4 Å². The summed E-state index contributed by atoms with van der Waals surface area (Å²) in [4.78, 5) is 24.8. The van der Waals surface area contributed by atoms with Crippen LogP contribution in [-0.2, 0) is 9.59 Å². The molecule has 4 nitrogen and oxygen atoms in total. The van der Waals surface area contributed by atoms with Gasteiger partial charge >= 0.3 is 0 Å². The molecule has 1 fully saturated rings. The van der Waals surface area contributed by atoms with Crippen molar-refractivity contribution in [1.82, 2.24) is 0 Å². The van der Waals surface area contributed by atoms with Gasteiger partial charge < -0.3 is 9.84 Å². The quantitative estimate of drug-likeness (QED) is 0.646. The third kappa shape index (κ3) is 3.06. The molecule has 0 spiro atoms. The molecule has 0 aliphatic heterocycles. The van der Waals surface area contributed by atoms with Crippen LogP contribution in [0.15, 0.2) is 24.3 Å². The first-order valence-corrected chi connectivity index (χ1v) is 7.35. The molecule has 0 unspecified atom stereocenters. The van der Waals surface area contributed by atoms with Gasteiger partial charge in [-0.15, -0.1) is 0 Å². The fraction of sp³-hybridized carbons (Fsp3) is 0.444. The average Bonchev–Trinajstić information content (AvgIpc) is 3.24. The molecule has 2 rings (SSSR count). The molecule has 1 aromatic carbocycles. The van der Waals surface area contributed by atoms with E-state index < -0.39 is 5.41 Å². The number of ether oxygens (including phenoxy) is 1. The Morgan fingerprint density at radius 2 is 1.95 bits per heavy atom. The van der Waals surface area contributed by atoms with Gasteiger partial charge in [0.15, 0.2) is 23.1 Å². The number of methoxy groups -OCH3 is 1. The minimum Gasteiger partial charge on any atom is -0.504 e. The summed E-state index contributed by atoms with van der Waals surface area (Å²) in [6, 6.07) is 4.82. The lowest BCUT2D eigenvalue weighted by Gasteiger charge is -2.23. The standard InChI is InChI=1S/C18H22O4/c1-17(2,16(21)18(3)9-10-18)15(20)8-6-12-5-7-13(19)14(11-12)22-4/h5-8,11,19H,9-10H2,1-4H3/b8-6+. The average molecular weight is 302 g/mol. The maximum Gasteiger partial charge on any atom is 0.168 e. The number of ketones is 2. The van der Waals surface area contributed by atoms with Gasteiger partial charge in [0.25, 0.3) is 0 Å². The highest BCUT2D eigenvalue weighted by Gasteiger charge is 2.52. The number of phenols is 1. The molecule has 1 aliphatic rings. The van der Waals surface area contributed by atoms with Gasteiger partial charge in [-0.2, -0.15) is 0 Å². The van der Waals surface area contributed by atoms with Crippen LogP contribution in [-0.4, -0.2) is 23.8 Å². The smallest absolute Gasteiger partial charge is 0.168 e. The molecule has 1 aromatic rings. The number of allylic oxidation sites excluding steroid dienone is 1. The Labute approximate surface area is 130 Å². The fourth-order valence-electron chi connectivity index (χ4n) is 2.46. The van der Waals surface area contributed by atoms with Crippen molar-refractivity contribution in [3.63, 3.8) is 0 Å². The number of hydrogen-bond acceptors (Lipinski definition) is 4. The lowest BCUT2D eigenvalue weighted by Crippen LogP contribution is -2.37. The second-order valence-corrected chi connectivity index (χ2v) is 6.64. The highest BCUT2D eigenvalue weighted by atomic mass is 16.5. The zero-order valence-electron chi connectivity index (χ0n) is 13.5. The molecule has 1 N–H and O–H groups in total. The van der Waals surface area contributed by atoms with Crippen LogP contribution in [0, 0.1) is 10.8 Å². The number of phenolic OH excluding ortho intramolecular Hbond substituents is 1. The molecule has 0 saturated heterocycles. The van der Waals surface area contributed by atoms with Crippen LogP contribution in [0.4, 0.5) is 0 Å². The maximum atomic E-state index is 12.4. The molecule has 1 aliphatic carbocycles. The molecule has 1 saturated carbocycles. The number of hydrogen-bond donors (Lipinski definition) is 1. The lowest BCUT2D eigenvalue weighted by atomic mass is 9.76. The van der Waals surface area contributed by atoms with Crippen molar-refractivity contribution >= 4 is 17.6 Å². The zero-order chi connectivity index (χ0) is 16.5. The van der Waals surface area contributed by atoms with E-state index in [1.165, 1.54) is 19.3 Å². The number of aromatic hydroxyl groups is 1. The van der Waals surface area contributed by atoms with E-state index in [0.717, 1.165) is 18.4 Å². The summed E-state index contributed by atoms with van der Waals surface area (Å²) in [5.74, 6) is 0.189. The molecule has 118 valence electrons. The van der Waals surface area contributed by atoms with Gasteiger partial charge in [0.2, 0.25) is 0 Å². The number of rotatable bonds is 6. The Balaban J connectivity index is 2.15. The van der Waals surface area contributed by atoms with Gasteiger partial charge in [0, 0.05) is 5.41 Å². The molecule has 4 heteroatoms. The van der Waals surface area contributed by atoms with Crippen molar-refractivity contribution in [2.24, 2.45) is 10.8 Å². The summed E-state index contributed by atoms with van der Waals surface area (Å²) in [6.45, 7) is 5.28. The maximum absolute atomic E-state index is 12.4. The van der Waals surface area contributed by atoms with Crippen molar-refractivity contribution in [3.05, 3.63) is 29.8 Å². The van der Waals surface area contributed by atoms with E-state index in [0.29, 0.717) is 5.75 Å². The second kappa shape index (κ2) is 5.59. The third-order valence-electron chi connectivity index (χ3n) is 4.36. The van der Waals surface area contributed by atoms with Crippen molar-refractivity contribution in [1.29, 1.82) is 0 Å². The Morgan fingerprint density at radius 1 is 1.32 bits per heavy atom. The van der Waals surface area contributed by atoms with Crippen LogP contribution in [0.25, 0.3) is 6.08 Å². The molecule has 0 bridgehead atoms. The van der Waals surface area contributed by atoms with E-state index in [4.69, 9.17) is 4.74 Å². The third-order valence-corrected chi connectivity index (χ3v) is 4.36. The largest absolute Gasteiger partial charge is 0.504 e. The highest BCUT2D eigenvalue weighted by molar-refractivity contribution is 6.14. The minimum absolute atomic E-state index is 0.0120. The SMILES string of the molecule is COc1cc(/C=C/C(=O)C(C)(C)C(=O)C2(C)CC2)ccc1O.